The predicted molar refractivity (Wildman–Crippen MR) is 65.7 cm³/mol. The van der Waals surface area contributed by atoms with Crippen molar-refractivity contribution in [1.82, 2.24) is 5.32 Å². The van der Waals surface area contributed by atoms with Gasteiger partial charge in [0.25, 0.3) is 0 Å². The number of hydrogen-bond donors (Lipinski definition) is 1. The summed E-state index contributed by atoms with van der Waals surface area (Å²) in [5.41, 5.74) is -0.232. The number of carbonyl (C=O) groups excluding carboxylic acids is 1. The quantitative estimate of drug-likeness (QED) is 0.758. The number of halogens is 1. The van der Waals surface area contributed by atoms with Crippen LogP contribution in [0.25, 0.3) is 0 Å². The van der Waals surface area contributed by atoms with Gasteiger partial charge in [0.2, 0.25) is 5.91 Å². The zero-order chi connectivity index (χ0) is 12.0. The predicted octanol–water partition coefficient (Wildman–Crippen LogP) is 2.33. The van der Waals surface area contributed by atoms with E-state index < -0.39 is 0 Å². The largest absolute Gasteiger partial charge is 0.381 e. The second-order valence-corrected chi connectivity index (χ2v) is 5.06. The monoisotopic (exact) mass is 247 g/mol. The Balaban J connectivity index is 2.45. The van der Waals surface area contributed by atoms with E-state index in [1.54, 1.807) is 0 Å². The first-order valence-electron chi connectivity index (χ1n) is 6.06. The van der Waals surface area contributed by atoms with Gasteiger partial charge in [-0.05, 0) is 18.8 Å². The van der Waals surface area contributed by atoms with Crippen LogP contribution < -0.4 is 5.32 Å². The Morgan fingerprint density at radius 1 is 1.50 bits per heavy atom. The second-order valence-electron chi connectivity index (χ2n) is 4.79. The molecule has 0 bridgehead atoms. The molecule has 4 heteroatoms. The van der Waals surface area contributed by atoms with Gasteiger partial charge in [-0.25, -0.2) is 0 Å². The Labute approximate surface area is 103 Å². The van der Waals surface area contributed by atoms with E-state index in [0.717, 1.165) is 19.3 Å². The lowest BCUT2D eigenvalue weighted by atomic mass is 9.91. The van der Waals surface area contributed by atoms with Crippen molar-refractivity contribution in [3.63, 3.8) is 0 Å². The van der Waals surface area contributed by atoms with Crippen molar-refractivity contribution in [3.8, 4) is 0 Å². The summed E-state index contributed by atoms with van der Waals surface area (Å²) in [5.74, 6) is 1.03. The molecule has 1 fully saturated rings. The van der Waals surface area contributed by atoms with Crippen molar-refractivity contribution in [3.05, 3.63) is 0 Å². The van der Waals surface area contributed by atoms with Crippen LogP contribution in [0.3, 0.4) is 0 Å². The minimum Gasteiger partial charge on any atom is -0.381 e. The van der Waals surface area contributed by atoms with Crippen LogP contribution in [0.15, 0.2) is 0 Å². The number of rotatable bonds is 5. The molecule has 0 aliphatic carbocycles. The first-order valence-corrected chi connectivity index (χ1v) is 6.60. The van der Waals surface area contributed by atoms with Gasteiger partial charge >= 0.3 is 0 Å². The van der Waals surface area contributed by atoms with Gasteiger partial charge in [0, 0.05) is 25.5 Å². The van der Waals surface area contributed by atoms with Crippen molar-refractivity contribution in [2.75, 3.05) is 19.1 Å². The summed E-state index contributed by atoms with van der Waals surface area (Å²) in [6.45, 7) is 5.58. The molecule has 1 aliphatic rings. The lowest BCUT2D eigenvalue weighted by Crippen LogP contribution is -2.53. The third kappa shape index (κ3) is 3.95. The molecular formula is C12H22ClNO2. The number of alkyl halides is 1. The van der Waals surface area contributed by atoms with E-state index in [1.165, 1.54) is 0 Å². The number of nitrogens with one attached hydrogen (secondary N) is 1. The normalized spacial score (nSPS) is 21.4. The van der Waals surface area contributed by atoms with Gasteiger partial charge < -0.3 is 10.1 Å². The second kappa shape index (κ2) is 6.45. The molecule has 0 aromatic carbocycles. The molecule has 3 nitrogen and oxygen atoms in total. The Morgan fingerprint density at radius 3 is 2.62 bits per heavy atom. The van der Waals surface area contributed by atoms with Crippen molar-refractivity contribution in [2.45, 2.75) is 45.1 Å². The molecule has 1 N–H and O–H groups in total. The molecule has 1 aliphatic heterocycles. The molecule has 94 valence electrons. The summed E-state index contributed by atoms with van der Waals surface area (Å²) in [5, 5.41) is 3.10. The third-order valence-electron chi connectivity index (χ3n) is 3.34. The van der Waals surface area contributed by atoms with Crippen LogP contribution in [-0.2, 0) is 9.53 Å². The maximum absolute atomic E-state index is 11.8. The Kier molecular flexibility index (Phi) is 5.56. The highest BCUT2D eigenvalue weighted by Gasteiger charge is 2.33. The summed E-state index contributed by atoms with van der Waals surface area (Å²) < 4.78 is 5.30. The summed E-state index contributed by atoms with van der Waals surface area (Å²) in [7, 11) is 0. The highest BCUT2D eigenvalue weighted by molar-refractivity contribution is 6.18. The number of amides is 1. The van der Waals surface area contributed by atoms with E-state index in [1.807, 2.05) is 0 Å². The molecule has 0 aromatic heterocycles. The van der Waals surface area contributed by atoms with Crippen molar-refractivity contribution >= 4 is 17.5 Å². The zero-order valence-electron chi connectivity index (χ0n) is 10.2. The summed E-state index contributed by atoms with van der Waals surface area (Å²) >= 11 is 5.98. The molecule has 0 aromatic rings. The van der Waals surface area contributed by atoms with Crippen molar-refractivity contribution in [1.29, 1.82) is 0 Å². The van der Waals surface area contributed by atoms with Gasteiger partial charge in [0.05, 0.1) is 5.54 Å². The SMILES string of the molecule is CCC(C)CC(=O)NC1(CCl)CCOCC1. The minimum atomic E-state index is -0.232. The Morgan fingerprint density at radius 2 is 2.12 bits per heavy atom. The maximum atomic E-state index is 11.8. The fourth-order valence-electron chi connectivity index (χ4n) is 1.86. The molecule has 16 heavy (non-hydrogen) atoms. The van der Waals surface area contributed by atoms with Gasteiger partial charge in [-0.3, -0.25) is 4.79 Å². The summed E-state index contributed by atoms with van der Waals surface area (Å²) in [6.07, 6.45) is 3.27. The van der Waals surface area contributed by atoms with E-state index in [9.17, 15) is 4.79 Å². The number of ether oxygens (including phenoxy) is 1. The molecule has 1 heterocycles. The average molecular weight is 248 g/mol. The van der Waals surface area contributed by atoms with Gasteiger partial charge in [-0.1, -0.05) is 20.3 Å². The first-order chi connectivity index (χ1) is 7.62. The summed E-state index contributed by atoms with van der Waals surface area (Å²) in [4.78, 5) is 11.8. The number of hydrogen-bond acceptors (Lipinski definition) is 2. The van der Waals surface area contributed by atoms with E-state index in [-0.39, 0.29) is 11.4 Å². The van der Waals surface area contributed by atoms with Crippen LogP contribution in [0.4, 0.5) is 0 Å². The molecule has 1 atom stereocenters. The molecule has 0 spiro atoms. The van der Waals surface area contributed by atoms with Crippen LogP contribution in [0.1, 0.15) is 39.5 Å². The van der Waals surface area contributed by atoms with Crippen LogP contribution in [0.5, 0.6) is 0 Å². The lowest BCUT2D eigenvalue weighted by Gasteiger charge is -2.36. The molecule has 1 saturated heterocycles. The fourth-order valence-corrected chi connectivity index (χ4v) is 2.20. The van der Waals surface area contributed by atoms with Crippen molar-refractivity contribution in [2.24, 2.45) is 5.92 Å². The first kappa shape index (κ1) is 13.8. The molecule has 0 saturated carbocycles. The standard InChI is InChI=1S/C12H22ClNO2/c1-3-10(2)8-11(15)14-12(9-13)4-6-16-7-5-12/h10H,3-9H2,1-2H3,(H,14,15). The number of carbonyl (C=O) groups is 1. The van der Waals surface area contributed by atoms with Crippen molar-refractivity contribution < 1.29 is 9.53 Å². The summed E-state index contributed by atoms with van der Waals surface area (Å²) in [6, 6.07) is 0. The molecular weight excluding hydrogens is 226 g/mol. The van der Waals surface area contributed by atoms with Crippen LogP contribution in [0, 0.1) is 5.92 Å². The zero-order valence-corrected chi connectivity index (χ0v) is 11.0. The Hall–Kier alpha value is -0.280. The Bertz CT molecular complexity index is 227. The maximum Gasteiger partial charge on any atom is 0.220 e. The lowest BCUT2D eigenvalue weighted by molar-refractivity contribution is -0.124. The average Bonchev–Trinajstić information content (AvgIpc) is 2.29. The van der Waals surface area contributed by atoms with Gasteiger partial charge in [-0.2, -0.15) is 0 Å². The van der Waals surface area contributed by atoms with E-state index >= 15 is 0 Å². The van der Waals surface area contributed by atoms with E-state index in [0.29, 0.717) is 31.4 Å². The molecule has 0 radical (unpaired) electrons. The van der Waals surface area contributed by atoms with Crippen LogP contribution in [-0.4, -0.2) is 30.5 Å². The smallest absolute Gasteiger partial charge is 0.220 e. The van der Waals surface area contributed by atoms with Gasteiger partial charge in [-0.15, -0.1) is 11.6 Å². The highest BCUT2D eigenvalue weighted by atomic mass is 35.5. The minimum absolute atomic E-state index is 0.122. The van der Waals surface area contributed by atoms with E-state index in [2.05, 4.69) is 19.2 Å². The fraction of sp³-hybridized carbons (Fsp3) is 0.917. The van der Waals surface area contributed by atoms with Gasteiger partial charge in [0.15, 0.2) is 0 Å². The molecule has 1 amide bonds. The van der Waals surface area contributed by atoms with Crippen LogP contribution in [0.2, 0.25) is 0 Å². The topological polar surface area (TPSA) is 38.3 Å². The van der Waals surface area contributed by atoms with Gasteiger partial charge in [0.1, 0.15) is 0 Å². The van der Waals surface area contributed by atoms with E-state index in [4.69, 9.17) is 16.3 Å². The third-order valence-corrected chi connectivity index (χ3v) is 3.85. The van der Waals surface area contributed by atoms with Crippen LogP contribution >= 0.6 is 11.6 Å². The highest BCUT2D eigenvalue weighted by Crippen LogP contribution is 2.22. The molecule has 1 unspecified atom stereocenters. The molecule has 1 rings (SSSR count).